The second-order valence-electron chi connectivity index (χ2n) is 11.8. The molecule has 0 bridgehead atoms. The van der Waals surface area contributed by atoms with Gasteiger partial charge in [-0.3, -0.25) is 4.79 Å². The molecule has 4 rings (SSSR count). The van der Waals surface area contributed by atoms with Gasteiger partial charge in [0.25, 0.3) is 5.56 Å². The van der Waals surface area contributed by atoms with Crippen molar-refractivity contribution in [1.82, 2.24) is 14.5 Å². The first-order valence-electron chi connectivity index (χ1n) is 15.9. The van der Waals surface area contributed by atoms with E-state index in [0.717, 1.165) is 5.56 Å². The van der Waals surface area contributed by atoms with Crippen molar-refractivity contribution in [2.75, 3.05) is 45.1 Å². The Morgan fingerprint density at radius 2 is 1.80 bits per heavy atom. The Kier molecular flexibility index (Phi) is 13.0. The second kappa shape index (κ2) is 17.2. The van der Waals surface area contributed by atoms with Crippen LogP contribution in [0.4, 0.5) is 21.7 Å². The minimum absolute atomic E-state index is 0.0205. The predicted molar refractivity (Wildman–Crippen MR) is 198 cm³/mol. The lowest BCUT2D eigenvalue weighted by atomic mass is 9.87. The van der Waals surface area contributed by atoms with Crippen molar-refractivity contribution in [2.24, 2.45) is 16.6 Å². The number of hydrogen-bond donors (Lipinski definition) is 2. The number of carbonyl (C=O) groups is 1. The van der Waals surface area contributed by atoms with Gasteiger partial charge in [-0.15, -0.1) is 0 Å². The monoisotopic (exact) mass is 739 g/mol. The predicted octanol–water partition coefficient (Wildman–Crippen LogP) is 6.57. The fourth-order valence-corrected chi connectivity index (χ4v) is 5.45. The minimum Gasteiger partial charge on any atom is -0.497 e. The summed E-state index contributed by atoms with van der Waals surface area (Å²) >= 11 is 12.7. The first-order valence-corrected chi connectivity index (χ1v) is 16.6. The number of pyridine rings is 1. The second-order valence-corrected chi connectivity index (χ2v) is 12.6. The fraction of sp³-hybridized carbons (Fsp3) is 0.306. The summed E-state index contributed by atoms with van der Waals surface area (Å²) in [6, 6.07) is 11.6. The van der Waals surface area contributed by atoms with Gasteiger partial charge in [0.2, 0.25) is 11.8 Å². The number of benzene rings is 2. The number of nitrogens with zero attached hydrogens (tertiary/aromatic N) is 5. The van der Waals surface area contributed by atoms with Crippen molar-refractivity contribution in [1.29, 1.82) is 0 Å². The maximum absolute atomic E-state index is 15.2. The highest BCUT2D eigenvalue weighted by Crippen LogP contribution is 2.35. The van der Waals surface area contributed by atoms with Gasteiger partial charge in [0.15, 0.2) is 0 Å². The van der Waals surface area contributed by atoms with E-state index in [1.54, 1.807) is 51.2 Å². The number of nitrogens with one attached hydrogen (secondary N) is 1. The zero-order chi connectivity index (χ0) is 37.4. The van der Waals surface area contributed by atoms with Crippen LogP contribution in [-0.4, -0.2) is 61.1 Å². The van der Waals surface area contributed by atoms with Crippen molar-refractivity contribution < 1.29 is 23.4 Å². The summed E-state index contributed by atoms with van der Waals surface area (Å²) < 4.78 is 32.7. The molecule has 0 aliphatic rings. The van der Waals surface area contributed by atoms with Crippen molar-refractivity contribution in [3.8, 4) is 11.6 Å². The van der Waals surface area contributed by atoms with Crippen LogP contribution in [0.15, 0.2) is 82.0 Å². The summed E-state index contributed by atoms with van der Waals surface area (Å²) in [6.07, 6.45) is 2.98. The van der Waals surface area contributed by atoms with Gasteiger partial charge in [-0.1, -0.05) is 55.2 Å². The van der Waals surface area contributed by atoms with Crippen LogP contribution in [0.5, 0.6) is 11.6 Å². The lowest BCUT2D eigenvalue weighted by molar-refractivity contribution is -0.138. The first-order chi connectivity index (χ1) is 24.3. The average Bonchev–Trinajstić information content (AvgIpc) is 3.10. The lowest BCUT2D eigenvalue weighted by Gasteiger charge is -2.28. The van der Waals surface area contributed by atoms with E-state index < -0.39 is 29.3 Å². The Labute approximate surface area is 305 Å². The molecule has 15 heteroatoms. The number of anilines is 2. The third kappa shape index (κ3) is 9.35. The number of halogens is 3. The van der Waals surface area contributed by atoms with Crippen molar-refractivity contribution in [3.05, 3.63) is 110 Å². The molecule has 2 heterocycles. The van der Waals surface area contributed by atoms with Crippen LogP contribution in [0.1, 0.15) is 37.9 Å². The molecule has 1 atom stereocenters. The number of esters is 1. The molecule has 0 saturated heterocycles. The van der Waals surface area contributed by atoms with Gasteiger partial charge in [-0.05, 0) is 54.3 Å². The Morgan fingerprint density at radius 3 is 2.39 bits per heavy atom. The van der Waals surface area contributed by atoms with Crippen molar-refractivity contribution >= 4 is 52.2 Å². The van der Waals surface area contributed by atoms with E-state index in [4.69, 9.17) is 48.1 Å². The van der Waals surface area contributed by atoms with E-state index in [-0.39, 0.29) is 63.0 Å². The summed E-state index contributed by atoms with van der Waals surface area (Å²) in [5, 5.41) is 3.30. The standard InChI is InChI=1S/C36H40Cl2FN7O5/c1-8-51-35(48)30(40)29(31(20(2)3)43-28-17-41-36(45(4)5)44-33(28)50-7)32(22-11-14-25(38)26(39)15-22)42-27-16-23(37)19-46(34(27)47)18-21-9-12-24(49-6)13-10-21/h9-17,19-20,32,42H,8,18,40H2,1-7H3. The van der Waals surface area contributed by atoms with E-state index in [1.807, 2.05) is 26.0 Å². The van der Waals surface area contributed by atoms with Crippen LogP contribution >= 0.6 is 23.2 Å². The van der Waals surface area contributed by atoms with Crippen LogP contribution in [0.25, 0.3) is 0 Å². The van der Waals surface area contributed by atoms with Gasteiger partial charge in [0, 0.05) is 25.9 Å². The number of aliphatic imine (C=N–C) groups is 1. The zero-order valence-corrected chi connectivity index (χ0v) is 30.8. The molecule has 0 aliphatic heterocycles. The minimum atomic E-state index is -1.17. The van der Waals surface area contributed by atoms with Crippen molar-refractivity contribution in [2.45, 2.75) is 33.4 Å². The number of ether oxygens (including phenoxy) is 3. The molecule has 0 spiro atoms. The summed E-state index contributed by atoms with van der Waals surface area (Å²) in [6.45, 7) is 5.50. The molecule has 0 fully saturated rings. The third-order valence-electron chi connectivity index (χ3n) is 7.60. The van der Waals surface area contributed by atoms with Gasteiger partial charge in [-0.25, -0.2) is 19.2 Å². The summed E-state index contributed by atoms with van der Waals surface area (Å²) in [5.74, 6) is -0.817. The zero-order valence-electron chi connectivity index (χ0n) is 29.3. The molecule has 270 valence electrons. The molecule has 4 aromatic rings. The number of carbonyl (C=O) groups excluding carboxylic acids is 1. The van der Waals surface area contributed by atoms with Crippen LogP contribution in [0.3, 0.4) is 0 Å². The highest BCUT2D eigenvalue weighted by molar-refractivity contribution is 6.31. The number of rotatable bonds is 14. The molecule has 2 aromatic heterocycles. The van der Waals surface area contributed by atoms with E-state index in [0.29, 0.717) is 11.7 Å². The molecule has 51 heavy (non-hydrogen) atoms. The smallest absolute Gasteiger partial charge is 0.354 e. The fourth-order valence-electron chi connectivity index (χ4n) is 5.10. The first kappa shape index (κ1) is 38.7. The van der Waals surface area contributed by atoms with E-state index >= 15 is 4.39 Å². The Morgan fingerprint density at radius 1 is 1.10 bits per heavy atom. The molecule has 2 aromatic carbocycles. The van der Waals surface area contributed by atoms with Crippen LogP contribution in [-0.2, 0) is 16.1 Å². The van der Waals surface area contributed by atoms with Crippen LogP contribution < -0.4 is 31.0 Å². The van der Waals surface area contributed by atoms with E-state index in [2.05, 4.69) is 15.3 Å². The Hall–Kier alpha value is -5.14. The van der Waals surface area contributed by atoms with Gasteiger partial charge in [-0.2, -0.15) is 4.98 Å². The normalized spacial score (nSPS) is 12.6. The molecule has 0 radical (unpaired) electrons. The number of aromatic nitrogens is 3. The molecule has 0 amide bonds. The topological polar surface area (TPSA) is 146 Å². The summed E-state index contributed by atoms with van der Waals surface area (Å²) in [7, 11) is 6.56. The number of methoxy groups -OCH3 is 2. The van der Waals surface area contributed by atoms with Crippen LogP contribution in [0, 0.1) is 11.7 Å². The molecule has 1 unspecified atom stereocenters. The SMILES string of the molecule is CCOC(=O)C(N)=C(C(=Nc1cnc(N(C)C)nc1OC)C(C)C)C(Nc1cc(Cl)cn(Cc2ccc(OC)cc2)c1=O)c1ccc(Cl)c(F)c1. The number of hydrogen-bond acceptors (Lipinski definition) is 11. The van der Waals surface area contributed by atoms with Crippen LogP contribution in [0.2, 0.25) is 10.0 Å². The third-order valence-corrected chi connectivity index (χ3v) is 8.11. The maximum Gasteiger partial charge on any atom is 0.354 e. The average molecular weight is 741 g/mol. The maximum atomic E-state index is 15.2. The quantitative estimate of drug-likeness (QED) is 0.0827. The lowest BCUT2D eigenvalue weighted by Crippen LogP contribution is -2.32. The number of nitrogens with two attached hydrogens (primary N) is 1. The van der Waals surface area contributed by atoms with Gasteiger partial charge < -0.3 is 34.7 Å². The van der Waals surface area contributed by atoms with E-state index in [9.17, 15) is 9.59 Å². The Balaban J connectivity index is 1.99. The summed E-state index contributed by atoms with van der Waals surface area (Å²) in [5.41, 5.74) is 7.55. The summed E-state index contributed by atoms with van der Waals surface area (Å²) in [4.78, 5) is 42.8. The highest BCUT2D eigenvalue weighted by atomic mass is 35.5. The van der Waals surface area contributed by atoms with Gasteiger partial charge in [0.1, 0.15) is 28.6 Å². The molecule has 12 nitrogen and oxygen atoms in total. The largest absolute Gasteiger partial charge is 0.497 e. The van der Waals surface area contributed by atoms with Gasteiger partial charge in [0.05, 0.1) is 55.4 Å². The molecule has 0 aliphatic carbocycles. The molecular formula is C36H40Cl2FN7O5. The molecular weight excluding hydrogens is 700 g/mol. The Bertz CT molecular complexity index is 2000. The molecule has 3 N–H and O–H groups in total. The van der Waals surface area contributed by atoms with Gasteiger partial charge >= 0.3 is 5.97 Å². The molecule has 0 saturated carbocycles. The van der Waals surface area contributed by atoms with Crippen molar-refractivity contribution in [3.63, 3.8) is 0 Å². The highest BCUT2D eigenvalue weighted by Gasteiger charge is 2.31. The van der Waals surface area contributed by atoms with E-state index in [1.165, 1.54) is 42.3 Å².